The number of hydrogen-bond acceptors (Lipinski definition) is 7. The van der Waals surface area contributed by atoms with Crippen molar-refractivity contribution in [1.82, 2.24) is 35.7 Å². The molecule has 0 radical (unpaired) electrons. The van der Waals surface area contributed by atoms with E-state index in [2.05, 4.69) is 35.8 Å². The Morgan fingerprint density at radius 1 is 1.13 bits per heavy atom. The van der Waals surface area contributed by atoms with Crippen LogP contribution >= 0.6 is 23.4 Å². The van der Waals surface area contributed by atoms with Crippen LogP contribution in [0.15, 0.2) is 52.5 Å². The molecule has 39 heavy (non-hydrogen) atoms. The number of nitrogens with one attached hydrogen (secondary N) is 2. The minimum Gasteiger partial charge on any atom is -0.351 e. The summed E-state index contributed by atoms with van der Waals surface area (Å²) < 4.78 is 41.8. The predicted octanol–water partition coefficient (Wildman–Crippen LogP) is 5.21. The number of benzene rings is 2. The van der Waals surface area contributed by atoms with E-state index in [-0.39, 0.29) is 22.9 Å². The first-order valence-electron chi connectivity index (χ1n) is 12.1. The van der Waals surface area contributed by atoms with Crippen molar-refractivity contribution in [3.8, 4) is 0 Å². The quantitative estimate of drug-likeness (QED) is 0.322. The highest BCUT2D eigenvalue weighted by atomic mass is 35.5. The van der Waals surface area contributed by atoms with Crippen LogP contribution in [0.1, 0.15) is 41.3 Å². The number of allylic oxidation sites excluding steroid dienone is 1. The molecule has 2 aliphatic rings. The zero-order chi connectivity index (χ0) is 27.1. The molecule has 200 valence electrons. The fourth-order valence-corrected chi connectivity index (χ4v) is 6.15. The Balaban J connectivity index is 1.34. The molecule has 1 saturated heterocycles. The van der Waals surface area contributed by atoms with Crippen molar-refractivity contribution in [3.63, 3.8) is 0 Å². The number of amidine groups is 1. The number of aromatic amines is 2. The Kier molecular flexibility index (Phi) is 6.63. The monoisotopic (exact) mass is 572 g/mol. The molecule has 1 amide bonds. The number of H-pyrrole nitrogens is 2. The van der Waals surface area contributed by atoms with Crippen molar-refractivity contribution in [2.45, 2.75) is 31.4 Å². The Hall–Kier alpha value is -3.71. The number of hydrogen-bond donors (Lipinski definition) is 2. The second-order valence-electron chi connectivity index (χ2n) is 9.31. The summed E-state index contributed by atoms with van der Waals surface area (Å²) in [7, 11) is 0. The number of carbonyl (C=O) groups excluding carboxylic acids is 1. The first-order chi connectivity index (χ1) is 18.8. The average Bonchev–Trinajstić information content (AvgIpc) is 3.68. The van der Waals surface area contributed by atoms with Crippen LogP contribution < -0.4 is 0 Å². The molecule has 0 saturated carbocycles. The van der Waals surface area contributed by atoms with E-state index in [4.69, 9.17) is 11.6 Å². The van der Waals surface area contributed by atoms with Crippen molar-refractivity contribution in [2.75, 3.05) is 13.1 Å². The molecule has 9 nitrogen and oxygen atoms in total. The smallest absolute Gasteiger partial charge is 0.351 e. The van der Waals surface area contributed by atoms with Crippen LogP contribution in [-0.4, -0.2) is 59.9 Å². The van der Waals surface area contributed by atoms with Crippen LogP contribution in [-0.2, 0) is 17.4 Å². The van der Waals surface area contributed by atoms with Crippen molar-refractivity contribution < 1.29 is 18.0 Å². The molecule has 4 heterocycles. The van der Waals surface area contributed by atoms with Gasteiger partial charge in [0.2, 0.25) is 0 Å². The van der Waals surface area contributed by atoms with Crippen LogP contribution in [0.5, 0.6) is 0 Å². The van der Waals surface area contributed by atoms with E-state index < -0.39 is 17.6 Å². The van der Waals surface area contributed by atoms with Gasteiger partial charge in [-0.15, -0.1) is 5.10 Å². The molecular formula is C25H20ClF3N8OS. The highest BCUT2D eigenvalue weighted by molar-refractivity contribution is 8.18. The molecule has 2 aromatic carbocycles. The summed E-state index contributed by atoms with van der Waals surface area (Å²) in [6.45, 7) is 1.28. The van der Waals surface area contributed by atoms with Crippen molar-refractivity contribution >= 4 is 50.9 Å². The largest absolute Gasteiger partial charge is 0.416 e. The maximum atomic E-state index is 13.9. The number of halogens is 4. The van der Waals surface area contributed by atoms with Gasteiger partial charge in [0.1, 0.15) is 0 Å². The topological polar surface area (TPSA) is 116 Å². The summed E-state index contributed by atoms with van der Waals surface area (Å²) in [5, 5.41) is 22.3. The van der Waals surface area contributed by atoms with Gasteiger partial charge in [0.15, 0.2) is 11.0 Å². The Morgan fingerprint density at radius 3 is 2.69 bits per heavy atom. The van der Waals surface area contributed by atoms with Gasteiger partial charge in [0.05, 0.1) is 22.2 Å². The lowest BCUT2D eigenvalue weighted by Gasteiger charge is -2.31. The molecule has 14 heteroatoms. The molecule has 2 aliphatic heterocycles. The van der Waals surface area contributed by atoms with E-state index >= 15 is 0 Å². The number of alkyl halides is 3. The standard InChI is InChI=1S/C25H20ClF3N8OS/c26-17-3-1-15(19(11-17)25(27,28)29)10-18(14-2-4-20-16(9-14)12-30-32-20)21-23(38)31-24(39-21)37-7-5-13(6-8-37)22-33-35-36-34-22/h1-4,9,11-13H,5-8,10H2,(H,30,32)(H,33,34,35,36). The lowest BCUT2D eigenvalue weighted by atomic mass is 9.93. The third kappa shape index (κ3) is 5.15. The Bertz CT molecular complexity index is 1610. The lowest BCUT2D eigenvalue weighted by molar-refractivity contribution is -0.138. The average molecular weight is 573 g/mol. The second kappa shape index (κ2) is 10.1. The van der Waals surface area contributed by atoms with Crippen molar-refractivity contribution in [2.24, 2.45) is 4.99 Å². The first-order valence-corrected chi connectivity index (χ1v) is 13.3. The minimum atomic E-state index is -4.61. The van der Waals surface area contributed by atoms with Gasteiger partial charge in [-0.1, -0.05) is 23.7 Å². The summed E-state index contributed by atoms with van der Waals surface area (Å²) in [6.07, 6.45) is -1.57. The molecule has 2 aromatic heterocycles. The molecule has 6 rings (SSSR count). The summed E-state index contributed by atoms with van der Waals surface area (Å²) in [4.78, 5) is 19.9. The Morgan fingerprint density at radius 2 is 1.95 bits per heavy atom. The van der Waals surface area contributed by atoms with Crippen LogP contribution in [0.4, 0.5) is 13.2 Å². The summed E-state index contributed by atoms with van der Waals surface area (Å²) >= 11 is 7.11. The number of rotatable bonds is 4. The van der Waals surface area contributed by atoms with Crippen LogP contribution in [0.2, 0.25) is 5.02 Å². The van der Waals surface area contributed by atoms with Gasteiger partial charge >= 0.3 is 6.18 Å². The molecule has 4 aromatic rings. The molecule has 0 spiro atoms. The fourth-order valence-electron chi connectivity index (χ4n) is 4.91. The van der Waals surface area contributed by atoms with E-state index in [0.717, 1.165) is 35.6 Å². The van der Waals surface area contributed by atoms with E-state index in [1.165, 1.54) is 23.9 Å². The van der Waals surface area contributed by atoms with Crippen molar-refractivity contribution in [1.29, 1.82) is 0 Å². The normalized spacial score (nSPS) is 18.2. The summed E-state index contributed by atoms with van der Waals surface area (Å²) in [5.41, 5.74) is 1.04. The third-order valence-corrected chi connectivity index (χ3v) is 8.30. The lowest BCUT2D eigenvalue weighted by Crippen LogP contribution is -2.36. The number of piperidine rings is 1. The van der Waals surface area contributed by atoms with Gasteiger partial charge in [-0.2, -0.15) is 23.3 Å². The van der Waals surface area contributed by atoms with E-state index in [9.17, 15) is 18.0 Å². The van der Waals surface area contributed by atoms with Crippen LogP contribution in [0.25, 0.3) is 16.5 Å². The minimum absolute atomic E-state index is 0.0125. The van der Waals surface area contributed by atoms with Gasteiger partial charge < -0.3 is 4.90 Å². The number of nitrogens with zero attached hydrogens (tertiary/aromatic N) is 6. The number of amides is 1. The number of thioether (sulfide) groups is 1. The van der Waals surface area contributed by atoms with E-state index in [0.29, 0.717) is 34.3 Å². The molecule has 0 aliphatic carbocycles. The Labute approximate surface area is 228 Å². The number of tetrazole rings is 1. The fraction of sp³-hybridized carbons (Fsp3) is 0.280. The number of fused-ring (bicyclic) bond motifs is 1. The van der Waals surface area contributed by atoms with Gasteiger partial charge in [0.25, 0.3) is 5.91 Å². The van der Waals surface area contributed by atoms with E-state index in [1.54, 1.807) is 18.3 Å². The summed E-state index contributed by atoms with van der Waals surface area (Å²) in [6, 6.07) is 9.07. The number of carbonyl (C=O) groups is 1. The van der Waals surface area contributed by atoms with Gasteiger partial charge in [0, 0.05) is 29.4 Å². The third-order valence-electron chi connectivity index (χ3n) is 6.91. The number of aromatic nitrogens is 6. The maximum Gasteiger partial charge on any atom is 0.416 e. The van der Waals surface area contributed by atoms with Gasteiger partial charge in [-0.25, -0.2) is 5.10 Å². The number of aliphatic imine (C=N–C) groups is 1. The zero-order valence-corrected chi connectivity index (χ0v) is 21.7. The zero-order valence-electron chi connectivity index (χ0n) is 20.2. The van der Waals surface area contributed by atoms with Gasteiger partial charge in [-0.05, 0) is 82.4 Å². The number of likely N-dealkylation sites (tertiary alicyclic amines) is 1. The summed E-state index contributed by atoms with van der Waals surface area (Å²) in [5.74, 6) is 0.436. The van der Waals surface area contributed by atoms with Gasteiger partial charge in [-0.3, -0.25) is 9.89 Å². The predicted molar refractivity (Wildman–Crippen MR) is 141 cm³/mol. The highest BCUT2D eigenvalue weighted by Gasteiger charge is 2.36. The molecule has 0 atom stereocenters. The molecule has 2 N–H and O–H groups in total. The maximum absolute atomic E-state index is 13.9. The second-order valence-corrected chi connectivity index (χ2v) is 10.7. The van der Waals surface area contributed by atoms with Crippen LogP contribution in [0, 0.1) is 0 Å². The molecule has 1 fully saturated rings. The molecule has 0 bridgehead atoms. The molecular weight excluding hydrogens is 553 g/mol. The van der Waals surface area contributed by atoms with Crippen molar-refractivity contribution in [3.05, 3.63) is 75.0 Å². The van der Waals surface area contributed by atoms with Crippen LogP contribution in [0.3, 0.4) is 0 Å². The first kappa shape index (κ1) is 25.6. The highest BCUT2D eigenvalue weighted by Crippen LogP contribution is 2.41. The SMILES string of the molecule is O=C1N=C(N2CCC(c3nnn[nH]3)CC2)SC1=C(Cc1ccc(Cl)cc1C(F)(F)F)c1ccc2[nH]ncc2c1. The molecule has 0 unspecified atom stereocenters. The van der Waals surface area contributed by atoms with E-state index in [1.807, 2.05) is 11.0 Å².